The van der Waals surface area contributed by atoms with E-state index in [0.717, 1.165) is 18.4 Å². The van der Waals surface area contributed by atoms with Crippen molar-refractivity contribution in [3.63, 3.8) is 0 Å². The third kappa shape index (κ3) is 5.33. The van der Waals surface area contributed by atoms with E-state index in [1.165, 1.54) is 0 Å². The number of hydrogen-bond acceptors (Lipinski definition) is 4. The summed E-state index contributed by atoms with van der Waals surface area (Å²) in [6, 6.07) is 13.4. The number of ether oxygens (including phenoxy) is 1. The standard InChI is InChI=1S/C21H22N2O5/c1-13(14-6-10-18(11-7-14)28-12-19(24)25)22-20(26)16-4-8-17(9-5-16)23-21(27)15-2-3-15/h4-11,13,15H,2-3,12H2,1H3,(H,22,26)(H,23,27)(H,24,25). The lowest BCUT2D eigenvalue weighted by atomic mass is 10.1. The van der Waals surface area contributed by atoms with Gasteiger partial charge in [-0.2, -0.15) is 0 Å². The molecule has 2 amide bonds. The van der Waals surface area contributed by atoms with Gasteiger partial charge in [0, 0.05) is 17.2 Å². The summed E-state index contributed by atoms with van der Waals surface area (Å²) in [5.74, 6) is -0.651. The number of carbonyl (C=O) groups is 3. The summed E-state index contributed by atoms with van der Waals surface area (Å²) < 4.78 is 5.09. The third-order valence-corrected chi connectivity index (χ3v) is 4.45. The quantitative estimate of drug-likeness (QED) is 0.651. The molecule has 7 nitrogen and oxygen atoms in total. The molecule has 0 heterocycles. The number of nitrogens with one attached hydrogen (secondary N) is 2. The van der Waals surface area contributed by atoms with Crippen LogP contribution >= 0.6 is 0 Å². The molecular weight excluding hydrogens is 360 g/mol. The van der Waals surface area contributed by atoms with Gasteiger partial charge in [0.05, 0.1) is 6.04 Å². The molecule has 1 saturated carbocycles. The van der Waals surface area contributed by atoms with E-state index in [1.54, 1.807) is 48.5 Å². The van der Waals surface area contributed by atoms with Crippen LogP contribution in [0.2, 0.25) is 0 Å². The van der Waals surface area contributed by atoms with Crippen molar-refractivity contribution in [2.45, 2.75) is 25.8 Å². The first-order valence-electron chi connectivity index (χ1n) is 9.08. The molecule has 7 heteroatoms. The van der Waals surface area contributed by atoms with Gasteiger partial charge in [0.2, 0.25) is 5.91 Å². The van der Waals surface area contributed by atoms with Crippen LogP contribution in [0, 0.1) is 5.92 Å². The van der Waals surface area contributed by atoms with Gasteiger partial charge >= 0.3 is 5.97 Å². The highest BCUT2D eigenvalue weighted by Crippen LogP contribution is 2.30. The molecule has 0 saturated heterocycles. The Morgan fingerprint density at radius 1 is 1.07 bits per heavy atom. The molecule has 146 valence electrons. The first-order valence-corrected chi connectivity index (χ1v) is 9.08. The van der Waals surface area contributed by atoms with Crippen molar-refractivity contribution in [1.82, 2.24) is 5.32 Å². The predicted octanol–water partition coefficient (Wildman–Crippen LogP) is 2.99. The molecule has 0 aromatic heterocycles. The van der Waals surface area contributed by atoms with Gasteiger partial charge in [0.25, 0.3) is 5.91 Å². The number of amides is 2. The summed E-state index contributed by atoms with van der Waals surface area (Å²) in [6.07, 6.45) is 1.88. The molecule has 0 radical (unpaired) electrons. The van der Waals surface area contributed by atoms with E-state index in [4.69, 9.17) is 9.84 Å². The zero-order chi connectivity index (χ0) is 20.1. The Bertz CT molecular complexity index is 857. The first-order chi connectivity index (χ1) is 13.4. The topological polar surface area (TPSA) is 105 Å². The monoisotopic (exact) mass is 382 g/mol. The van der Waals surface area contributed by atoms with Crippen molar-refractivity contribution in [2.75, 3.05) is 11.9 Å². The largest absolute Gasteiger partial charge is 0.482 e. The van der Waals surface area contributed by atoms with Crippen LogP contribution in [0.15, 0.2) is 48.5 Å². The van der Waals surface area contributed by atoms with Gasteiger partial charge in [-0.15, -0.1) is 0 Å². The summed E-state index contributed by atoms with van der Waals surface area (Å²) in [4.78, 5) is 34.7. The zero-order valence-electron chi connectivity index (χ0n) is 15.5. The highest BCUT2D eigenvalue weighted by molar-refractivity contribution is 5.96. The molecule has 2 aromatic rings. The summed E-state index contributed by atoms with van der Waals surface area (Å²) in [5.41, 5.74) is 2.04. The zero-order valence-corrected chi connectivity index (χ0v) is 15.5. The Kier molecular flexibility index (Phi) is 5.93. The minimum absolute atomic E-state index is 0.0293. The number of rotatable bonds is 8. The van der Waals surface area contributed by atoms with Crippen molar-refractivity contribution in [3.8, 4) is 5.75 Å². The van der Waals surface area contributed by atoms with Gasteiger partial charge < -0.3 is 20.5 Å². The molecule has 2 aromatic carbocycles. The average molecular weight is 382 g/mol. The van der Waals surface area contributed by atoms with Crippen molar-refractivity contribution >= 4 is 23.5 Å². The van der Waals surface area contributed by atoms with Crippen molar-refractivity contribution in [1.29, 1.82) is 0 Å². The molecule has 0 spiro atoms. The Morgan fingerprint density at radius 2 is 1.71 bits per heavy atom. The van der Waals surface area contributed by atoms with Crippen LogP contribution in [0.1, 0.15) is 41.7 Å². The molecule has 1 unspecified atom stereocenters. The van der Waals surface area contributed by atoms with E-state index < -0.39 is 12.6 Å². The van der Waals surface area contributed by atoms with E-state index in [0.29, 0.717) is 17.0 Å². The Morgan fingerprint density at radius 3 is 2.29 bits per heavy atom. The molecular formula is C21H22N2O5. The highest BCUT2D eigenvalue weighted by atomic mass is 16.5. The summed E-state index contributed by atoms with van der Waals surface area (Å²) in [7, 11) is 0. The van der Waals surface area contributed by atoms with Crippen molar-refractivity contribution in [2.24, 2.45) is 5.92 Å². The second-order valence-corrected chi connectivity index (χ2v) is 6.79. The molecule has 1 atom stereocenters. The lowest BCUT2D eigenvalue weighted by Crippen LogP contribution is -2.26. The van der Waals surface area contributed by atoms with Crippen LogP contribution in [0.4, 0.5) is 5.69 Å². The fraction of sp³-hybridized carbons (Fsp3) is 0.286. The summed E-state index contributed by atoms with van der Waals surface area (Å²) >= 11 is 0. The van der Waals surface area contributed by atoms with Gasteiger partial charge in [0.1, 0.15) is 5.75 Å². The molecule has 1 fully saturated rings. The summed E-state index contributed by atoms with van der Waals surface area (Å²) in [5, 5.41) is 14.4. The summed E-state index contributed by atoms with van der Waals surface area (Å²) in [6.45, 7) is 1.46. The second-order valence-electron chi connectivity index (χ2n) is 6.79. The maximum absolute atomic E-state index is 12.4. The van der Waals surface area contributed by atoms with Crippen LogP contribution in [-0.2, 0) is 9.59 Å². The minimum Gasteiger partial charge on any atom is -0.482 e. The minimum atomic E-state index is -1.04. The van der Waals surface area contributed by atoms with E-state index in [9.17, 15) is 14.4 Å². The fourth-order valence-electron chi connectivity index (χ4n) is 2.66. The Balaban J connectivity index is 1.54. The van der Waals surface area contributed by atoms with Crippen LogP contribution in [0.25, 0.3) is 0 Å². The van der Waals surface area contributed by atoms with Gasteiger partial charge in [-0.25, -0.2) is 4.79 Å². The molecule has 3 rings (SSSR count). The second kappa shape index (κ2) is 8.56. The van der Waals surface area contributed by atoms with Gasteiger partial charge in [0.15, 0.2) is 6.61 Å². The number of carboxylic acids is 1. The SMILES string of the molecule is CC(NC(=O)c1ccc(NC(=O)C2CC2)cc1)c1ccc(OCC(=O)O)cc1. The van der Waals surface area contributed by atoms with Crippen LogP contribution in [0.3, 0.4) is 0 Å². The Hall–Kier alpha value is -3.35. The molecule has 1 aliphatic carbocycles. The normalized spacial score (nSPS) is 14.0. The van der Waals surface area contributed by atoms with Crippen LogP contribution in [-0.4, -0.2) is 29.5 Å². The molecule has 0 bridgehead atoms. The molecule has 0 aliphatic heterocycles. The van der Waals surface area contributed by atoms with E-state index in [2.05, 4.69) is 10.6 Å². The number of anilines is 1. The molecule has 1 aliphatic rings. The van der Waals surface area contributed by atoms with Gasteiger partial charge in [-0.3, -0.25) is 9.59 Å². The van der Waals surface area contributed by atoms with Crippen molar-refractivity contribution in [3.05, 3.63) is 59.7 Å². The fourth-order valence-corrected chi connectivity index (χ4v) is 2.66. The van der Waals surface area contributed by atoms with Crippen LogP contribution in [0.5, 0.6) is 5.75 Å². The number of benzene rings is 2. The Labute approximate surface area is 162 Å². The van der Waals surface area contributed by atoms with Gasteiger partial charge in [-0.05, 0) is 61.7 Å². The molecule has 28 heavy (non-hydrogen) atoms. The molecule has 3 N–H and O–H groups in total. The number of carboxylic acid groups (broad SMARTS) is 1. The van der Waals surface area contributed by atoms with E-state index >= 15 is 0 Å². The van der Waals surface area contributed by atoms with E-state index in [1.807, 2.05) is 6.92 Å². The lowest BCUT2D eigenvalue weighted by molar-refractivity contribution is -0.139. The van der Waals surface area contributed by atoms with Gasteiger partial charge in [-0.1, -0.05) is 12.1 Å². The van der Waals surface area contributed by atoms with Crippen LogP contribution < -0.4 is 15.4 Å². The predicted molar refractivity (Wildman–Crippen MR) is 103 cm³/mol. The lowest BCUT2D eigenvalue weighted by Gasteiger charge is -2.15. The number of hydrogen-bond donors (Lipinski definition) is 3. The number of carbonyl (C=O) groups excluding carboxylic acids is 2. The highest BCUT2D eigenvalue weighted by Gasteiger charge is 2.29. The van der Waals surface area contributed by atoms with E-state index in [-0.39, 0.29) is 23.8 Å². The maximum atomic E-state index is 12.4. The maximum Gasteiger partial charge on any atom is 0.341 e. The van der Waals surface area contributed by atoms with Crippen molar-refractivity contribution < 1.29 is 24.2 Å². The smallest absolute Gasteiger partial charge is 0.341 e. The first kappa shape index (κ1) is 19.4. The third-order valence-electron chi connectivity index (χ3n) is 4.45. The average Bonchev–Trinajstić information content (AvgIpc) is 3.52. The number of aliphatic carboxylic acids is 1.